The fourth-order valence-electron chi connectivity index (χ4n) is 4.37. The summed E-state index contributed by atoms with van der Waals surface area (Å²) in [6, 6.07) is 6.50. The predicted octanol–water partition coefficient (Wildman–Crippen LogP) is 2.95. The lowest BCUT2D eigenvalue weighted by atomic mass is 10.0. The highest BCUT2D eigenvalue weighted by atomic mass is 16.5. The molecule has 6 rings (SSSR count). The molecule has 2 saturated carbocycles. The summed E-state index contributed by atoms with van der Waals surface area (Å²) in [6.45, 7) is 3.13. The number of amides is 1. The van der Waals surface area contributed by atoms with Crippen molar-refractivity contribution < 1.29 is 9.53 Å². The van der Waals surface area contributed by atoms with E-state index in [1.807, 2.05) is 30.1 Å². The van der Waals surface area contributed by atoms with Crippen LogP contribution >= 0.6 is 0 Å². The number of ether oxygens (including phenoxy) is 1. The Morgan fingerprint density at radius 3 is 2.84 bits per heavy atom. The molecule has 3 aliphatic rings. The highest BCUT2D eigenvalue weighted by Crippen LogP contribution is 2.34. The molecule has 8 nitrogen and oxygen atoms in total. The lowest BCUT2D eigenvalue weighted by Crippen LogP contribution is -2.51. The zero-order chi connectivity index (χ0) is 20.9. The third kappa shape index (κ3) is 3.80. The number of aryl methyl sites for hydroxylation is 1. The van der Waals surface area contributed by atoms with Crippen LogP contribution in [0.2, 0.25) is 0 Å². The first kappa shape index (κ1) is 18.9. The summed E-state index contributed by atoms with van der Waals surface area (Å²) in [5, 5.41) is 11.8. The first-order chi connectivity index (χ1) is 15.1. The summed E-state index contributed by atoms with van der Waals surface area (Å²) in [5.74, 6) is 2.55. The number of carbonyl (C=O) groups excluding carboxylic acids is 1. The molecule has 1 amide bonds. The maximum absolute atomic E-state index is 12.0. The van der Waals surface area contributed by atoms with Crippen LogP contribution in [-0.4, -0.2) is 55.9 Å². The molecule has 0 radical (unpaired) electrons. The molecule has 3 fully saturated rings. The molecular weight excluding hydrogens is 392 g/mol. The normalized spacial score (nSPS) is 21.3. The Bertz CT molecular complexity index is 1130. The van der Waals surface area contributed by atoms with Crippen molar-refractivity contribution in [2.45, 2.75) is 38.1 Å². The summed E-state index contributed by atoms with van der Waals surface area (Å²) in [4.78, 5) is 14.6. The van der Waals surface area contributed by atoms with E-state index in [1.165, 1.54) is 32.4 Å². The standard InChI is InChI=1S/C23H28N6O2/c1-27-22(20(12-24-27)31-14-18-7-8-28(18)13-15-2-3-15)17-6-9-29-19(10-17)11-21(26-29)25-23(30)16-4-5-16/h6,9-12,15-16,18H,2-5,7-8,13-14H2,1H3,(H,25,26,30)/t18-/m1/s1. The van der Waals surface area contributed by atoms with Crippen molar-refractivity contribution in [2.75, 3.05) is 25.0 Å². The number of rotatable bonds is 8. The number of hydrogen-bond donors (Lipinski definition) is 1. The minimum atomic E-state index is 0.0673. The molecule has 1 N–H and O–H groups in total. The van der Waals surface area contributed by atoms with Crippen LogP contribution in [0.1, 0.15) is 32.1 Å². The van der Waals surface area contributed by atoms with E-state index >= 15 is 0 Å². The van der Waals surface area contributed by atoms with Gasteiger partial charge >= 0.3 is 0 Å². The lowest BCUT2D eigenvalue weighted by molar-refractivity contribution is -0.117. The van der Waals surface area contributed by atoms with Crippen LogP contribution < -0.4 is 10.1 Å². The Balaban J connectivity index is 1.19. The van der Waals surface area contributed by atoms with Crippen molar-refractivity contribution >= 4 is 17.2 Å². The highest BCUT2D eigenvalue weighted by Gasteiger charge is 2.34. The summed E-state index contributed by atoms with van der Waals surface area (Å²) in [5.41, 5.74) is 2.90. The van der Waals surface area contributed by atoms with Gasteiger partial charge in [-0.2, -0.15) is 10.2 Å². The first-order valence-electron chi connectivity index (χ1n) is 11.3. The molecule has 8 heteroatoms. The summed E-state index contributed by atoms with van der Waals surface area (Å²) in [7, 11) is 1.94. The van der Waals surface area contributed by atoms with E-state index < -0.39 is 0 Å². The quantitative estimate of drug-likeness (QED) is 0.606. The van der Waals surface area contributed by atoms with Crippen LogP contribution in [0.15, 0.2) is 30.6 Å². The van der Waals surface area contributed by atoms with Crippen LogP contribution in [0, 0.1) is 11.8 Å². The number of nitrogens with one attached hydrogen (secondary N) is 1. The number of hydrogen-bond acceptors (Lipinski definition) is 5. The van der Waals surface area contributed by atoms with Gasteiger partial charge in [0.2, 0.25) is 5.91 Å². The van der Waals surface area contributed by atoms with Crippen LogP contribution in [0.3, 0.4) is 0 Å². The second-order valence-corrected chi connectivity index (χ2v) is 9.25. The molecule has 1 saturated heterocycles. The Hall–Kier alpha value is -2.87. The Morgan fingerprint density at radius 2 is 2.10 bits per heavy atom. The van der Waals surface area contributed by atoms with Gasteiger partial charge in [0, 0.05) is 49.9 Å². The smallest absolute Gasteiger partial charge is 0.228 e. The van der Waals surface area contributed by atoms with Gasteiger partial charge in [-0.3, -0.25) is 14.4 Å². The van der Waals surface area contributed by atoms with Gasteiger partial charge in [0.15, 0.2) is 11.6 Å². The Labute approximate surface area is 181 Å². The van der Waals surface area contributed by atoms with Gasteiger partial charge in [0.25, 0.3) is 0 Å². The number of likely N-dealkylation sites (tertiary alicyclic amines) is 1. The second-order valence-electron chi connectivity index (χ2n) is 9.25. The molecule has 162 valence electrons. The third-order valence-electron chi connectivity index (χ3n) is 6.73. The van der Waals surface area contributed by atoms with E-state index in [-0.39, 0.29) is 11.8 Å². The van der Waals surface area contributed by atoms with Crippen molar-refractivity contribution in [3.63, 3.8) is 0 Å². The highest BCUT2D eigenvalue weighted by molar-refractivity contribution is 5.93. The molecule has 0 spiro atoms. The van der Waals surface area contributed by atoms with Gasteiger partial charge in [0.1, 0.15) is 12.3 Å². The zero-order valence-corrected chi connectivity index (χ0v) is 17.8. The van der Waals surface area contributed by atoms with Gasteiger partial charge in [0.05, 0.1) is 11.7 Å². The van der Waals surface area contributed by atoms with Gasteiger partial charge in [-0.25, -0.2) is 4.52 Å². The van der Waals surface area contributed by atoms with Crippen LogP contribution in [0.5, 0.6) is 5.75 Å². The van der Waals surface area contributed by atoms with Crippen molar-refractivity contribution in [3.8, 4) is 17.0 Å². The Morgan fingerprint density at radius 1 is 1.23 bits per heavy atom. The first-order valence-corrected chi connectivity index (χ1v) is 11.3. The molecule has 3 aromatic rings. The molecule has 4 heterocycles. The number of pyridine rings is 1. The van der Waals surface area contributed by atoms with E-state index in [1.54, 1.807) is 10.7 Å². The average Bonchev–Trinajstić information content (AvgIpc) is 3.66. The molecule has 0 aromatic carbocycles. The van der Waals surface area contributed by atoms with Gasteiger partial charge < -0.3 is 10.1 Å². The van der Waals surface area contributed by atoms with Crippen molar-refractivity contribution in [1.82, 2.24) is 24.3 Å². The number of nitrogens with zero attached hydrogens (tertiary/aromatic N) is 5. The minimum absolute atomic E-state index is 0.0673. The van der Waals surface area contributed by atoms with E-state index in [9.17, 15) is 4.79 Å². The number of anilines is 1. The number of fused-ring (bicyclic) bond motifs is 1. The topological polar surface area (TPSA) is 76.7 Å². The third-order valence-corrected chi connectivity index (χ3v) is 6.73. The number of carbonyl (C=O) groups is 1. The van der Waals surface area contributed by atoms with Crippen molar-refractivity contribution in [2.24, 2.45) is 18.9 Å². The monoisotopic (exact) mass is 420 g/mol. The minimum Gasteiger partial charge on any atom is -0.488 e. The molecule has 1 aliphatic heterocycles. The molecule has 0 bridgehead atoms. The molecular formula is C23H28N6O2. The summed E-state index contributed by atoms with van der Waals surface area (Å²) in [6.07, 6.45) is 9.66. The van der Waals surface area contributed by atoms with Crippen LogP contribution in [0.4, 0.5) is 5.82 Å². The van der Waals surface area contributed by atoms with Crippen LogP contribution in [0.25, 0.3) is 16.8 Å². The molecule has 2 aliphatic carbocycles. The maximum atomic E-state index is 12.0. The van der Waals surface area contributed by atoms with E-state index in [0.717, 1.165) is 41.3 Å². The fraction of sp³-hybridized carbons (Fsp3) is 0.522. The predicted molar refractivity (Wildman–Crippen MR) is 117 cm³/mol. The Kier molecular flexibility index (Phi) is 4.49. The largest absolute Gasteiger partial charge is 0.488 e. The summed E-state index contributed by atoms with van der Waals surface area (Å²) < 4.78 is 9.89. The van der Waals surface area contributed by atoms with Crippen molar-refractivity contribution in [1.29, 1.82) is 0 Å². The molecule has 1 atom stereocenters. The second kappa shape index (κ2) is 7.37. The van der Waals surface area contributed by atoms with E-state index in [2.05, 4.69) is 26.5 Å². The maximum Gasteiger partial charge on any atom is 0.228 e. The number of aromatic nitrogens is 4. The molecule has 3 aromatic heterocycles. The van der Waals surface area contributed by atoms with E-state index in [0.29, 0.717) is 18.5 Å². The summed E-state index contributed by atoms with van der Waals surface area (Å²) >= 11 is 0. The SMILES string of the molecule is Cn1ncc(OC[C@H]2CCN2CC2CC2)c1-c1ccn2nc(NC(=O)C3CC3)cc2c1. The average molecular weight is 421 g/mol. The van der Waals surface area contributed by atoms with Gasteiger partial charge in [-0.15, -0.1) is 0 Å². The molecule has 31 heavy (non-hydrogen) atoms. The lowest BCUT2D eigenvalue weighted by Gasteiger charge is -2.40. The van der Waals surface area contributed by atoms with Crippen molar-refractivity contribution in [3.05, 3.63) is 30.6 Å². The molecule has 0 unspecified atom stereocenters. The van der Waals surface area contributed by atoms with Gasteiger partial charge in [-0.1, -0.05) is 0 Å². The van der Waals surface area contributed by atoms with E-state index in [4.69, 9.17) is 4.74 Å². The van der Waals surface area contributed by atoms with Gasteiger partial charge in [-0.05, 0) is 50.2 Å². The zero-order valence-electron chi connectivity index (χ0n) is 17.8. The van der Waals surface area contributed by atoms with Crippen LogP contribution in [-0.2, 0) is 11.8 Å². The fourth-order valence-corrected chi connectivity index (χ4v) is 4.37.